The van der Waals surface area contributed by atoms with E-state index in [0.29, 0.717) is 6.54 Å². The van der Waals surface area contributed by atoms with Gasteiger partial charge in [-0.2, -0.15) is 0 Å². The lowest BCUT2D eigenvalue weighted by atomic mass is 9.96. The predicted octanol–water partition coefficient (Wildman–Crippen LogP) is 3.04. The Morgan fingerprint density at radius 2 is 1.94 bits per heavy atom. The largest absolute Gasteiger partial charge is 0.493 e. The third kappa shape index (κ3) is 9.13. The summed E-state index contributed by atoms with van der Waals surface area (Å²) < 4.78 is 6.07. The van der Waals surface area contributed by atoms with Gasteiger partial charge in [-0.25, -0.2) is 0 Å². The fraction of sp³-hybridized carbons (Fsp3) is 0.667. The quantitative estimate of drug-likeness (QED) is 0.169. The first-order valence-electron chi connectivity index (χ1n) is 11.7. The molecule has 2 fully saturated rings. The molecule has 1 saturated carbocycles. The summed E-state index contributed by atoms with van der Waals surface area (Å²) in [6.45, 7) is 7.53. The number of primary amides is 1. The van der Waals surface area contributed by atoms with Crippen LogP contribution in [0.1, 0.15) is 49.7 Å². The van der Waals surface area contributed by atoms with Crippen LogP contribution in [-0.2, 0) is 11.3 Å². The molecule has 0 bridgehead atoms. The smallest absolute Gasteiger partial charge is 0.220 e. The fourth-order valence-electron chi connectivity index (χ4n) is 3.94. The second-order valence-corrected chi connectivity index (χ2v) is 8.94. The molecule has 180 valence electrons. The van der Waals surface area contributed by atoms with E-state index in [-0.39, 0.29) is 35.8 Å². The predicted molar refractivity (Wildman–Crippen MR) is 141 cm³/mol. The number of hydrogen-bond donors (Lipinski definition) is 3. The van der Waals surface area contributed by atoms with Crippen molar-refractivity contribution in [2.24, 2.45) is 22.6 Å². The molecule has 1 amide bonds. The molecule has 1 aliphatic heterocycles. The zero-order valence-electron chi connectivity index (χ0n) is 19.6. The van der Waals surface area contributed by atoms with Crippen LogP contribution in [0.3, 0.4) is 0 Å². The Hall–Kier alpha value is -1.55. The van der Waals surface area contributed by atoms with Crippen LogP contribution in [0.5, 0.6) is 5.75 Å². The molecule has 0 unspecified atom stereocenters. The molecule has 1 saturated heterocycles. The first-order chi connectivity index (χ1) is 15.0. The van der Waals surface area contributed by atoms with Gasteiger partial charge in [0.05, 0.1) is 6.61 Å². The molecular weight excluding hydrogens is 517 g/mol. The van der Waals surface area contributed by atoms with Crippen molar-refractivity contribution in [2.45, 2.75) is 52.0 Å². The number of nitrogens with zero attached hydrogens (tertiary/aromatic N) is 2. The van der Waals surface area contributed by atoms with E-state index in [1.807, 2.05) is 0 Å². The highest BCUT2D eigenvalue weighted by Gasteiger charge is 2.23. The molecule has 1 aliphatic carbocycles. The standard InChI is InChI=1S/C24H39N5O2.HI/c1-18-5-8-21(22(15-18)31-17-19-6-7-19)16-28-24(26-2)27-11-3-4-12-29-13-9-20(10-14-29)23(25)30;/h5,8,15,19-20H,3-4,6-7,9-14,16-17H2,1-2H3,(H2,25,30)(H2,26,27,28);1H. The van der Waals surface area contributed by atoms with Gasteiger partial charge in [-0.15, -0.1) is 24.0 Å². The van der Waals surface area contributed by atoms with Gasteiger partial charge >= 0.3 is 0 Å². The Bertz CT molecular complexity index is 746. The molecule has 0 aromatic heterocycles. The van der Waals surface area contributed by atoms with Gasteiger partial charge in [0.25, 0.3) is 0 Å². The molecular formula is C24H40IN5O2. The number of benzene rings is 1. The number of ether oxygens (including phenoxy) is 1. The number of halogens is 1. The van der Waals surface area contributed by atoms with Crippen LogP contribution in [0, 0.1) is 18.8 Å². The summed E-state index contributed by atoms with van der Waals surface area (Å²) >= 11 is 0. The van der Waals surface area contributed by atoms with Crippen LogP contribution in [-0.4, -0.2) is 56.6 Å². The third-order valence-corrected chi connectivity index (χ3v) is 6.25. The van der Waals surface area contributed by atoms with E-state index in [4.69, 9.17) is 10.5 Å². The molecule has 7 nitrogen and oxygen atoms in total. The number of likely N-dealkylation sites (tertiary alicyclic amines) is 1. The van der Waals surface area contributed by atoms with Gasteiger partial charge in [-0.05, 0) is 82.6 Å². The van der Waals surface area contributed by atoms with E-state index in [9.17, 15) is 4.79 Å². The summed E-state index contributed by atoms with van der Waals surface area (Å²) in [6.07, 6.45) is 6.59. The van der Waals surface area contributed by atoms with Gasteiger partial charge in [0.2, 0.25) is 5.91 Å². The maximum atomic E-state index is 11.3. The van der Waals surface area contributed by atoms with Crippen LogP contribution in [0.2, 0.25) is 0 Å². The zero-order chi connectivity index (χ0) is 22.1. The Morgan fingerprint density at radius 1 is 1.19 bits per heavy atom. The number of unbranched alkanes of at least 4 members (excludes halogenated alkanes) is 1. The summed E-state index contributed by atoms with van der Waals surface area (Å²) in [5, 5.41) is 6.82. The minimum absolute atomic E-state index is 0. The van der Waals surface area contributed by atoms with Gasteiger partial charge in [0.15, 0.2) is 5.96 Å². The SMILES string of the molecule is CN=C(NCCCCN1CCC(C(N)=O)CC1)NCc1ccc(C)cc1OCC1CC1.I. The number of piperidine rings is 1. The molecule has 1 aromatic carbocycles. The van der Waals surface area contributed by atoms with Crippen LogP contribution in [0.4, 0.5) is 0 Å². The fourth-order valence-corrected chi connectivity index (χ4v) is 3.94. The van der Waals surface area contributed by atoms with E-state index in [2.05, 4.69) is 45.6 Å². The van der Waals surface area contributed by atoms with Crippen LogP contribution in [0.15, 0.2) is 23.2 Å². The summed E-state index contributed by atoms with van der Waals surface area (Å²) in [5.41, 5.74) is 7.79. The molecule has 32 heavy (non-hydrogen) atoms. The summed E-state index contributed by atoms with van der Waals surface area (Å²) in [4.78, 5) is 18.0. The summed E-state index contributed by atoms with van der Waals surface area (Å²) in [6, 6.07) is 6.39. The number of nitrogens with one attached hydrogen (secondary N) is 2. The number of aryl methyl sites for hydroxylation is 1. The zero-order valence-corrected chi connectivity index (χ0v) is 21.9. The second kappa shape index (κ2) is 13.9. The molecule has 0 atom stereocenters. The number of rotatable bonds is 11. The Labute approximate surface area is 210 Å². The molecule has 0 radical (unpaired) electrons. The Morgan fingerprint density at radius 3 is 2.59 bits per heavy atom. The van der Waals surface area contributed by atoms with Crippen LogP contribution < -0.4 is 21.1 Å². The first kappa shape index (κ1) is 26.7. The number of guanidine groups is 1. The average Bonchev–Trinajstić information content (AvgIpc) is 3.60. The van der Waals surface area contributed by atoms with Crippen LogP contribution >= 0.6 is 24.0 Å². The molecule has 4 N–H and O–H groups in total. The second-order valence-electron chi connectivity index (χ2n) is 8.94. The van der Waals surface area contributed by atoms with Crippen molar-refractivity contribution in [3.63, 3.8) is 0 Å². The number of carbonyl (C=O) groups excluding carboxylic acids is 1. The van der Waals surface area contributed by atoms with Crippen molar-refractivity contribution in [1.82, 2.24) is 15.5 Å². The topological polar surface area (TPSA) is 92.0 Å². The Balaban J connectivity index is 0.00000363. The monoisotopic (exact) mass is 557 g/mol. The van der Waals surface area contributed by atoms with Gasteiger partial charge in [-0.3, -0.25) is 9.79 Å². The molecule has 0 spiro atoms. The molecule has 2 aliphatic rings. The highest BCUT2D eigenvalue weighted by molar-refractivity contribution is 14.0. The van der Waals surface area contributed by atoms with Gasteiger partial charge in [0.1, 0.15) is 5.75 Å². The van der Waals surface area contributed by atoms with Gasteiger partial charge < -0.3 is 26.0 Å². The van der Waals surface area contributed by atoms with E-state index < -0.39 is 0 Å². The lowest BCUT2D eigenvalue weighted by molar-refractivity contribution is -0.123. The normalized spacial score (nSPS) is 17.5. The number of aliphatic imine (C=N–C) groups is 1. The lowest BCUT2D eigenvalue weighted by Crippen LogP contribution is -2.39. The summed E-state index contributed by atoms with van der Waals surface area (Å²) in [7, 11) is 1.80. The van der Waals surface area contributed by atoms with Gasteiger partial charge in [-0.1, -0.05) is 12.1 Å². The van der Waals surface area contributed by atoms with E-state index in [1.165, 1.54) is 18.4 Å². The maximum Gasteiger partial charge on any atom is 0.220 e. The molecule has 8 heteroatoms. The van der Waals surface area contributed by atoms with Crippen molar-refractivity contribution in [2.75, 3.05) is 39.8 Å². The average molecular weight is 558 g/mol. The number of hydrogen-bond acceptors (Lipinski definition) is 4. The summed E-state index contributed by atoms with van der Waals surface area (Å²) in [5.74, 6) is 2.46. The third-order valence-electron chi connectivity index (χ3n) is 6.25. The lowest BCUT2D eigenvalue weighted by Gasteiger charge is -2.30. The van der Waals surface area contributed by atoms with E-state index >= 15 is 0 Å². The van der Waals surface area contributed by atoms with Crippen LogP contribution in [0.25, 0.3) is 0 Å². The van der Waals surface area contributed by atoms with Crippen molar-refractivity contribution in [3.8, 4) is 5.75 Å². The number of amides is 1. The minimum atomic E-state index is -0.144. The Kier molecular flexibility index (Phi) is 11.6. The molecule has 1 heterocycles. The van der Waals surface area contributed by atoms with Gasteiger partial charge in [0, 0.05) is 31.6 Å². The first-order valence-corrected chi connectivity index (χ1v) is 11.7. The molecule has 1 aromatic rings. The van der Waals surface area contributed by atoms with Crippen molar-refractivity contribution in [3.05, 3.63) is 29.3 Å². The van der Waals surface area contributed by atoms with E-state index in [1.54, 1.807) is 7.05 Å². The van der Waals surface area contributed by atoms with Crippen molar-refractivity contribution < 1.29 is 9.53 Å². The van der Waals surface area contributed by atoms with Crippen molar-refractivity contribution in [1.29, 1.82) is 0 Å². The van der Waals surface area contributed by atoms with Crippen molar-refractivity contribution >= 4 is 35.8 Å². The highest BCUT2D eigenvalue weighted by atomic mass is 127. The maximum absolute atomic E-state index is 11.3. The number of carbonyl (C=O) groups is 1. The highest BCUT2D eigenvalue weighted by Crippen LogP contribution is 2.30. The van der Waals surface area contributed by atoms with E-state index in [0.717, 1.165) is 81.7 Å². The molecule has 3 rings (SSSR count). The number of nitrogens with two attached hydrogens (primary N) is 1. The minimum Gasteiger partial charge on any atom is -0.493 e.